The molecule has 0 bridgehead atoms. The van der Waals surface area contributed by atoms with Gasteiger partial charge in [0.2, 0.25) is 0 Å². The van der Waals surface area contributed by atoms with Gasteiger partial charge in [-0.3, -0.25) is 4.79 Å². The summed E-state index contributed by atoms with van der Waals surface area (Å²) in [5.41, 5.74) is 11.4. The number of hydrogen-bond acceptors (Lipinski definition) is 4. The number of rotatable bonds is 6. The first-order valence-corrected chi connectivity index (χ1v) is 6.83. The van der Waals surface area contributed by atoms with Crippen molar-refractivity contribution in [3.63, 3.8) is 0 Å². The molecule has 4 nitrogen and oxygen atoms in total. The van der Waals surface area contributed by atoms with Gasteiger partial charge in [0.15, 0.2) is 0 Å². The normalized spacial score (nSPS) is 17.6. The van der Waals surface area contributed by atoms with Gasteiger partial charge in [-0.1, -0.05) is 18.9 Å². The quantitative estimate of drug-likeness (QED) is 0.616. The fourth-order valence-corrected chi connectivity index (χ4v) is 2.63. The van der Waals surface area contributed by atoms with Crippen molar-refractivity contribution in [1.82, 2.24) is 0 Å². The van der Waals surface area contributed by atoms with Gasteiger partial charge >= 0.3 is 5.97 Å². The highest BCUT2D eigenvalue weighted by molar-refractivity contribution is 5.77. The molecule has 1 aromatic rings. The van der Waals surface area contributed by atoms with E-state index >= 15 is 0 Å². The van der Waals surface area contributed by atoms with Crippen LogP contribution < -0.4 is 11.5 Å². The minimum atomic E-state index is -0.765. The van der Waals surface area contributed by atoms with Crippen molar-refractivity contribution in [2.24, 2.45) is 17.1 Å². The van der Waals surface area contributed by atoms with E-state index in [1.54, 1.807) is 6.07 Å². The van der Waals surface area contributed by atoms with E-state index in [0.717, 1.165) is 12.8 Å². The molecule has 0 aromatic heterocycles. The molecule has 1 saturated carbocycles. The standard InChI is InChI=1S/C15H21FN2O2/c1-20-14(19)15(9-17,7-10-2-3-10)8-11-4-5-13(18)12(16)6-11/h4-6,10H,2-3,7-9,17-18H2,1H3. The molecular weight excluding hydrogens is 259 g/mol. The Morgan fingerprint density at radius 1 is 1.50 bits per heavy atom. The molecule has 1 atom stereocenters. The van der Waals surface area contributed by atoms with Gasteiger partial charge in [0, 0.05) is 6.54 Å². The van der Waals surface area contributed by atoms with Gasteiger partial charge in [0.25, 0.3) is 0 Å². The van der Waals surface area contributed by atoms with Crippen molar-refractivity contribution in [1.29, 1.82) is 0 Å². The monoisotopic (exact) mass is 280 g/mol. The van der Waals surface area contributed by atoms with E-state index in [1.807, 2.05) is 0 Å². The van der Waals surface area contributed by atoms with Crippen molar-refractivity contribution >= 4 is 11.7 Å². The first-order chi connectivity index (χ1) is 9.50. The van der Waals surface area contributed by atoms with Crippen LogP contribution in [0, 0.1) is 17.2 Å². The van der Waals surface area contributed by atoms with Gasteiger partial charge in [0.05, 0.1) is 18.2 Å². The molecule has 1 unspecified atom stereocenters. The first kappa shape index (κ1) is 14.8. The summed E-state index contributed by atoms with van der Waals surface area (Å²) >= 11 is 0. The van der Waals surface area contributed by atoms with Crippen molar-refractivity contribution < 1.29 is 13.9 Å². The molecule has 4 N–H and O–H groups in total. The van der Waals surface area contributed by atoms with Crippen molar-refractivity contribution in [2.75, 3.05) is 19.4 Å². The molecule has 1 fully saturated rings. The number of ether oxygens (including phenoxy) is 1. The van der Waals surface area contributed by atoms with Crippen LogP contribution in [0.1, 0.15) is 24.8 Å². The molecule has 2 rings (SSSR count). The zero-order valence-electron chi connectivity index (χ0n) is 11.7. The van der Waals surface area contributed by atoms with Gasteiger partial charge in [-0.05, 0) is 36.5 Å². The number of halogens is 1. The summed E-state index contributed by atoms with van der Waals surface area (Å²) in [5, 5.41) is 0. The summed E-state index contributed by atoms with van der Waals surface area (Å²) in [7, 11) is 1.36. The van der Waals surface area contributed by atoms with Crippen LogP contribution in [0.15, 0.2) is 18.2 Å². The van der Waals surface area contributed by atoms with Crippen LogP contribution in [0.2, 0.25) is 0 Å². The summed E-state index contributed by atoms with van der Waals surface area (Å²) in [6, 6.07) is 4.62. The van der Waals surface area contributed by atoms with Crippen molar-refractivity contribution in [2.45, 2.75) is 25.7 Å². The number of esters is 1. The second-order valence-corrected chi connectivity index (χ2v) is 5.66. The van der Waals surface area contributed by atoms with Crippen molar-refractivity contribution in [3.05, 3.63) is 29.6 Å². The molecule has 20 heavy (non-hydrogen) atoms. The van der Waals surface area contributed by atoms with Gasteiger partial charge in [-0.15, -0.1) is 0 Å². The molecule has 0 amide bonds. The highest BCUT2D eigenvalue weighted by atomic mass is 19.1. The van der Waals surface area contributed by atoms with Gasteiger partial charge in [-0.2, -0.15) is 0 Å². The Kier molecular flexibility index (Phi) is 4.28. The third-order valence-electron chi connectivity index (χ3n) is 3.99. The van der Waals surface area contributed by atoms with Crippen LogP contribution in [0.4, 0.5) is 10.1 Å². The number of hydrogen-bond donors (Lipinski definition) is 2. The summed E-state index contributed by atoms with van der Waals surface area (Å²) < 4.78 is 18.5. The van der Waals surface area contributed by atoms with E-state index < -0.39 is 11.2 Å². The van der Waals surface area contributed by atoms with Crippen LogP contribution in [0.25, 0.3) is 0 Å². The lowest BCUT2D eigenvalue weighted by Crippen LogP contribution is -2.42. The van der Waals surface area contributed by atoms with E-state index in [1.165, 1.54) is 19.2 Å². The average molecular weight is 280 g/mol. The molecule has 0 aliphatic heterocycles. The Bertz CT molecular complexity index is 503. The molecule has 0 spiro atoms. The number of nitrogen functional groups attached to an aromatic ring is 1. The maximum Gasteiger partial charge on any atom is 0.313 e. The number of anilines is 1. The molecule has 1 aliphatic rings. The zero-order chi connectivity index (χ0) is 14.8. The molecule has 1 aromatic carbocycles. The van der Waals surface area contributed by atoms with Crippen LogP contribution in [-0.2, 0) is 16.0 Å². The Morgan fingerprint density at radius 2 is 2.20 bits per heavy atom. The summed E-state index contributed by atoms with van der Waals surface area (Å²) in [4.78, 5) is 12.2. The highest BCUT2D eigenvalue weighted by Crippen LogP contribution is 2.42. The molecule has 1 aliphatic carbocycles. The maximum atomic E-state index is 13.5. The average Bonchev–Trinajstić information content (AvgIpc) is 3.25. The van der Waals surface area contributed by atoms with Gasteiger partial charge in [-0.25, -0.2) is 4.39 Å². The predicted molar refractivity (Wildman–Crippen MR) is 75.4 cm³/mol. The van der Waals surface area contributed by atoms with E-state index in [4.69, 9.17) is 16.2 Å². The zero-order valence-corrected chi connectivity index (χ0v) is 11.7. The fraction of sp³-hybridized carbons (Fsp3) is 0.533. The summed E-state index contributed by atoms with van der Waals surface area (Å²) in [5.74, 6) is -0.259. The Morgan fingerprint density at radius 3 is 2.70 bits per heavy atom. The second kappa shape index (κ2) is 5.79. The molecular formula is C15H21FN2O2. The second-order valence-electron chi connectivity index (χ2n) is 5.66. The maximum absolute atomic E-state index is 13.5. The molecule has 0 radical (unpaired) electrons. The summed E-state index contributed by atoms with van der Waals surface area (Å²) in [6.07, 6.45) is 3.32. The fourth-order valence-electron chi connectivity index (χ4n) is 2.63. The van der Waals surface area contributed by atoms with E-state index in [-0.39, 0.29) is 18.2 Å². The smallest absolute Gasteiger partial charge is 0.313 e. The molecule has 5 heteroatoms. The van der Waals surface area contributed by atoms with Gasteiger partial charge < -0.3 is 16.2 Å². The Hall–Kier alpha value is -1.62. The van der Waals surface area contributed by atoms with Crippen molar-refractivity contribution in [3.8, 4) is 0 Å². The van der Waals surface area contributed by atoms with Gasteiger partial charge in [0.1, 0.15) is 5.82 Å². The lowest BCUT2D eigenvalue weighted by atomic mass is 9.77. The number of benzene rings is 1. The number of carbonyl (C=O) groups is 1. The number of nitrogens with two attached hydrogens (primary N) is 2. The molecule has 110 valence electrons. The topological polar surface area (TPSA) is 78.3 Å². The summed E-state index contributed by atoms with van der Waals surface area (Å²) in [6.45, 7) is 0.197. The Balaban J connectivity index is 2.25. The molecule has 0 saturated heterocycles. The van der Waals surface area contributed by atoms with E-state index in [9.17, 15) is 9.18 Å². The number of carbonyl (C=O) groups excluding carboxylic acids is 1. The molecule has 0 heterocycles. The van der Waals surface area contributed by atoms with Crippen LogP contribution in [-0.4, -0.2) is 19.6 Å². The van der Waals surface area contributed by atoms with Crippen LogP contribution in [0.3, 0.4) is 0 Å². The third-order valence-corrected chi connectivity index (χ3v) is 3.99. The SMILES string of the molecule is COC(=O)C(CN)(Cc1ccc(N)c(F)c1)CC1CC1. The third kappa shape index (κ3) is 3.10. The van der Waals surface area contributed by atoms with E-state index in [0.29, 0.717) is 24.3 Å². The Labute approximate surface area is 118 Å². The van der Waals surface area contributed by atoms with Crippen LogP contribution >= 0.6 is 0 Å². The minimum absolute atomic E-state index is 0.104. The van der Waals surface area contributed by atoms with E-state index in [2.05, 4.69) is 0 Å². The predicted octanol–water partition coefficient (Wildman–Crippen LogP) is 1.87. The lowest BCUT2D eigenvalue weighted by molar-refractivity contribution is -0.153. The minimum Gasteiger partial charge on any atom is -0.469 e. The lowest BCUT2D eigenvalue weighted by Gasteiger charge is -2.30. The largest absolute Gasteiger partial charge is 0.469 e. The first-order valence-electron chi connectivity index (χ1n) is 6.83. The highest BCUT2D eigenvalue weighted by Gasteiger charge is 2.43. The van der Waals surface area contributed by atoms with Crippen LogP contribution in [0.5, 0.6) is 0 Å². The number of methoxy groups -OCH3 is 1.